The predicted molar refractivity (Wildman–Crippen MR) is 77.6 cm³/mol. The minimum absolute atomic E-state index is 0.199. The largest absolute Gasteiger partial charge is 0.468 e. The monoisotopic (exact) mass is 299 g/mol. The topological polar surface area (TPSA) is 47.4 Å². The number of aromatic nitrogens is 2. The van der Waals surface area contributed by atoms with Gasteiger partial charge in [-0.2, -0.15) is 5.10 Å². The molecule has 0 aliphatic heterocycles. The summed E-state index contributed by atoms with van der Waals surface area (Å²) in [6.45, 7) is 2.91. The smallest absolute Gasteiger partial charge is 0.319 e. The Labute approximate surface area is 124 Å². The van der Waals surface area contributed by atoms with Crippen molar-refractivity contribution in [2.45, 2.75) is 45.2 Å². The molecule has 0 spiro atoms. The molecule has 1 aromatic rings. The van der Waals surface area contributed by atoms with Gasteiger partial charge in [-0.3, -0.25) is 14.4 Å². The zero-order valence-corrected chi connectivity index (χ0v) is 13.1. The van der Waals surface area contributed by atoms with Crippen LogP contribution < -0.4 is 0 Å². The molecule has 0 aromatic carbocycles. The number of methoxy groups -OCH3 is 1. The van der Waals surface area contributed by atoms with Gasteiger partial charge < -0.3 is 4.74 Å². The van der Waals surface area contributed by atoms with E-state index in [1.54, 1.807) is 4.68 Å². The SMILES string of the molecule is COC(=O)CN(Cc1c(C)nn(C)c1Cl)C1CCCC1. The van der Waals surface area contributed by atoms with Gasteiger partial charge in [0.1, 0.15) is 5.15 Å². The minimum atomic E-state index is -0.199. The number of halogens is 1. The normalized spacial score (nSPS) is 16.1. The lowest BCUT2D eigenvalue weighted by atomic mass is 10.1. The van der Waals surface area contributed by atoms with Gasteiger partial charge in [-0.25, -0.2) is 0 Å². The van der Waals surface area contributed by atoms with Crippen LogP contribution in [0.2, 0.25) is 5.15 Å². The van der Waals surface area contributed by atoms with Crippen molar-refractivity contribution in [3.8, 4) is 0 Å². The fraction of sp³-hybridized carbons (Fsp3) is 0.714. The molecule has 0 saturated heterocycles. The average molecular weight is 300 g/mol. The zero-order valence-electron chi connectivity index (χ0n) is 12.4. The molecule has 0 amide bonds. The zero-order chi connectivity index (χ0) is 14.7. The summed E-state index contributed by atoms with van der Waals surface area (Å²) in [7, 11) is 3.26. The van der Waals surface area contributed by atoms with Crippen molar-refractivity contribution < 1.29 is 9.53 Å². The van der Waals surface area contributed by atoms with Crippen LogP contribution in [0.3, 0.4) is 0 Å². The lowest BCUT2D eigenvalue weighted by Gasteiger charge is -2.27. The minimum Gasteiger partial charge on any atom is -0.468 e. The van der Waals surface area contributed by atoms with E-state index in [0.29, 0.717) is 24.3 Å². The van der Waals surface area contributed by atoms with E-state index in [1.807, 2.05) is 14.0 Å². The number of ether oxygens (including phenoxy) is 1. The van der Waals surface area contributed by atoms with Crippen LogP contribution in [-0.2, 0) is 23.1 Å². The number of aryl methyl sites for hydroxylation is 2. The van der Waals surface area contributed by atoms with Crippen LogP contribution in [-0.4, -0.2) is 40.3 Å². The van der Waals surface area contributed by atoms with Gasteiger partial charge in [-0.15, -0.1) is 0 Å². The number of hydrogen-bond acceptors (Lipinski definition) is 4. The summed E-state index contributed by atoms with van der Waals surface area (Å²) < 4.78 is 6.49. The Morgan fingerprint density at radius 3 is 2.65 bits per heavy atom. The number of esters is 1. The Kier molecular flexibility index (Phi) is 5.05. The van der Waals surface area contributed by atoms with Gasteiger partial charge in [0.25, 0.3) is 0 Å². The van der Waals surface area contributed by atoms with E-state index in [1.165, 1.54) is 20.0 Å². The molecule has 1 aromatic heterocycles. The highest BCUT2D eigenvalue weighted by Crippen LogP contribution is 2.27. The summed E-state index contributed by atoms with van der Waals surface area (Å²) in [5.41, 5.74) is 1.93. The van der Waals surface area contributed by atoms with Gasteiger partial charge >= 0.3 is 5.97 Å². The fourth-order valence-corrected chi connectivity index (χ4v) is 3.10. The summed E-state index contributed by atoms with van der Waals surface area (Å²) in [5, 5.41) is 4.98. The number of nitrogens with zero attached hydrogens (tertiary/aromatic N) is 3. The highest BCUT2D eigenvalue weighted by Gasteiger charge is 2.26. The first-order valence-corrected chi connectivity index (χ1v) is 7.39. The lowest BCUT2D eigenvalue weighted by molar-refractivity contribution is -0.142. The van der Waals surface area contributed by atoms with Crippen molar-refractivity contribution in [3.05, 3.63) is 16.4 Å². The first kappa shape index (κ1) is 15.3. The standard InChI is InChI=1S/C14H22ClN3O2/c1-10-12(14(15)17(2)16-10)8-18(9-13(19)20-3)11-6-4-5-7-11/h11H,4-9H2,1-3H3. The van der Waals surface area contributed by atoms with Crippen molar-refractivity contribution in [2.24, 2.45) is 7.05 Å². The van der Waals surface area contributed by atoms with Gasteiger partial charge in [0.2, 0.25) is 0 Å². The Morgan fingerprint density at radius 2 is 2.15 bits per heavy atom. The highest BCUT2D eigenvalue weighted by molar-refractivity contribution is 6.30. The van der Waals surface area contributed by atoms with E-state index in [0.717, 1.165) is 24.1 Å². The maximum atomic E-state index is 11.6. The van der Waals surface area contributed by atoms with Crippen LogP contribution in [0.25, 0.3) is 0 Å². The van der Waals surface area contributed by atoms with Crippen molar-refractivity contribution in [1.29, 1.82) is 0 Å². The third kappa shape index (κ3) is 3.33. The van der Waals surface area contributed by atoms with Crippen LogP contribution in [0.4, 0.5) is 0 Å². The quantitative estimate of drug-likeness (QED) is 0.783. The van der Waals surface area contributed by atoms with Crippen molar-refractivity contribution >= 4 is 17.6 Å². The number of carbonyl (C=O) groups is 1. The maximum absolute atomic E-state index is 11.6. The average Bonchev–Trinajstić information content (AvgIpc) is 3.02. The Bertz CT molecular complexity index is 481. The molecule has 2 rings (SSSR count). The van der Waals surface area contributed by atoms with E-state index >= 15 is 0 Å². The number of rotatable bonds is 5. The third-order valence-corrected chi connectivity index (χ3v) is 4.50. The van der Waals surface area contributed by atoms with Crippen molar-refractivity contribution in [3.63, 3.8) is 0 Å². The van der Waals surface area contributed by atoms with Crippen LogP contribution in [0.15, 0.2) is 0 Å². The second-order valence-electron chi connectivity index (χ2n) is 5.40. The number of hydrogen-bond donors (Lipinski definition) is 0. The molecular weight excluding hydrogens is 278 g/mol. The molecule has 6 heteroatoms. The molecule has 1 saturated carbocycles. The first-order valence-electron chi connectivity index (χ1n) is 7.01. The van der Waals surface area contributed by atoms with E-state index in [9.17, 15) is 4.79 Å². The molecule has 1 aliphatic rings. The Morgan fingerprint density at radius 1 is 1.50 bits per heavy atom. The van der Waals surface area contributed by atoms with Crippen LogP contribution in [0.1, 0.15) is 36.9 Å². The predicted octanol–water partition coefficient (Wildman–Crippen LogP) is 2.30. The molecule has 1 heterocycles. The second-order valence-corrected chi connectivity index (χ2v) is 5.76. The van der Waals surface area contributed by atoms with Crippen molar-refractivity contribution in [2.75, 3.05) is 13.7 Å². The highest BCUT2D eigenvalue weighted by atomic mass is 35.5. The summed E-state index contributed by atoms with van der Waals surface area (Å²) in [5.74, 6) is -0.199. The maximum Gasteiger partial charge on any atom is 0.319 e. The van der Waals surface area contributed by atoms with Crippen LogP contribution in [0, 0.1) is 6.92 Å². The van der Waals surface area contributed by atoms with Gasteiger partial charge in [0.05, 0.1) is 19.3 Å². The number of carbonyl (C=O) groups excluding carboxylic acids is 1. The molecule has 0 atom stereocenters. The molecule has 0 radical (unpaired) electrons. The summed E-state index contributed by atoms with van der Waals surface area (Å²) in [6.07, 6.45) is 4.71. The molecule has 5 nitrogen and oxygen atoms in total. The molecule has 112 valence electrons. The van der Waals surface area contributed by atoms with E-state index in [-0.39, 0.29) is 5.97 Å². The lowest BCUT2D eigenvalue weighted by Crippen LogP contribution is -2.37. The second kappa shape index (κ2) is 6.59. The van der Waals surface area contributed by atoms with Gasteiger partial charge in [0, 0.05) is 25.2 Å². The summed E-state index contributed by atoms with van der Waals surface area (Å²) >= 11 is 6.29. The first-order chi connectivity index (χ1) is 9.52. The van der Waals surface area contributed by atoms with Crippen LogP contribution in [0.5, 0.6) is 0 Å². The van der Waals surface area contributed by atoms with Gasteiger partial charge in [-0.05, 0) is 19.8 Å². The summed E-state index contributed by atoms with van der Waals surface area (Å²) in [6, 6.07) is 0.435. The third-order valence-electron chi connectivity index (χ3n) is 4.03. The van der Waals surface area contributed by atoms with Crippen molar-refractivity contribution in [1.82, 2.24) is 14.7 Å². The summed E-state index contributed by atoms with van der Waals surface area (Å²) in [4.78, 5) is 13.8. The Balaban J connectivity index is 2.15. The van der Waals surface area contributed by atoms with Gasteiger partial charge in [0.15, 0.2) is 0 Å². The molecule has 0 N–H and O–H groups in total. The molecule has 20 heavy (non-hydrogen) atoms. The molecule has 0 bridgehead atoms. The van der Waals surface area contributed by atoms with Crippen LogP contribution >= 0.6 is 11.6 Å². The molecule has 0 unspecified atom stereocenters. The Hall–Kier alpha value is -1.07. The molecular formula is C14H22ClN3O2. The fourth-order valence-electron chi connectivity index (χ4n) is 2.87. The molecule has 1 fully saturated rings. The van der Waals surface area contributed by atoms with E-state index in [4.69, 9.17) is 16.3 Å². The van der Waals surface area contributed by atoms with E-state index in [2.05, 4.69) is 10.00 Å². The van der Waals surface area contributed by atoms with E-state index < -0.39 is 0 Å². The molecule has 1 aliphatic carbocycles. The van der Waals surface area contributed by atoms with Gasteiger partial charge in [-0.1, -0.05) is 24.4 Å².